The summed E-state index contributed by atoms with van der Waals surface area (Å²) < 4.78 is 43.9. The Bertz CT molecular complexity index is 901. The zero-order chi connectivity index (χ0) is 20.7. The topological polar surface area (TPSA) is 79.8 Å². The van der Waals surface area contributed by atoms with Crippen LogP contribution in [0.1, 0.15) is 17.5 Å². The van der Waals surface area contributed by atoms with Gasteiger partial charge in [0.05, 0.1) is 18.9 Å². The Balaban J connectivity index is 1.91. The van der Waals surface area contributed by atoms with Crippen molar-refractivity contribution < 1.29 is 27.5 Å². The number of benzene rings is 2. The summed E-state index contributed by atoms with van der Waals surface area (Å²) in [6.45, 7) is 0. The minimum atomic E-state index is -4.53. The summed E-state index contributed by atoms with van der Waals surface area (Å²) >= 11 is 3.30. The second kappa shape index (κ2) is 9.36. The molecule has 0 fully saturated rings. The van der Waals surface area contributed by atoms with Crippen LogP contribution in [0.25, 0.3) is 0 Å². The Kier molecular flexibility index (Phi) is 7.16. The van der Waals surface area contributed by atoms with Crippen LogP contribution in [0.3, 0.4) is 0 Å². The highest BCUT2D eigenvalue weighted by molar-refractivity contribution is 9.10. The van der Waals surface area contributed by atoms with Crippen molar-refractivity contribution in [2.45, 2.75) is 12.6 Å². The molecule has 28 heavy (non-hydrogen) atoms. The average Bonchev–Trinajstić information content (AvgIpc) is 2.61. The van der Waals surface area contributed by atoms with E-state index in [9.17, 15) is 22.8 Å². The predicted octanol–water partition coefficient (Wildman–Crippen LogP) is 3.96. The normalized spacial score (nSPS) is 11.3. The fourth-order valence-corrected chi connectivity index (χ4v) is 2.52. The number of nitrogens with one attached hydrogen (secondary N) is 2. The van der Waals surface area contributed by atoms with Crippen LogP contribution < -0.4 is 15.5 Å². The molecular weight excluding hydrogens is 443 g/mol. The van der Waals surface area contributed by atoms with Crippen LogP contribution in [0, 0.1) is 0 Å². The summed E-state index contributed by atoms with van der Waals surface area (Å²) in [4.78, 5) is 23.6. The maximum absolute atomic E-state index is 12.7. The maximum atomic E-state index is 12.7. The number of nitrogens with zero attached hydrogens (tertiary/aromatic N) is 1. The number of amides is 2. The number of ether oxygens (including phenoxy) is 1. The van der Waals surface area contributed by atoms with E-state index in [1.54, 1.807) is 18.2 Å². The number of alkyl halides is 3. The molecule has 0 radical (unpaired) electrons. The molecule has 0 heterocycles. The third-order valence-electron chi connectivity index (χ3n) is 3.38. The van der Waals surface area contributed by atoms with Gasteiger partial charge in [-0.15, -0.1) is 0 Å². The van der Waals surface area contributed by atoms with Crippen LogP contribution in [0.4, 0.5) is 18.9 Å². The van der Waals surface area contributed by atoms with Gasteiger partial charge in [0.1, 0.15) is 12.2 Å². The van der Waals surface area contributed by atoms with E-state index >= 15 is 0 Å². The molecule has 2 aromatic rings. The quantitative estimate of drug-likeness (QED) is 0.391. The van der Waals surface area contributed by atoms with Gasteiger partial charge in [-0.1, -0.05) is 22.0 Å². The molecule has 2 amide bonds. The predicted molar refractivity (Wildman–Crippen MR) is 101 cm³/mol. The van der Waals surface area contributed by atoms with Crippen molar-refractivity contribution in [1.29, 1.82) is 0 Å². The van der Waals surface area contributed by atoms with Gasteiger partial charge >= 0.3 is 6.18 Å². The van der Waals surface area contributed by atoms with Gasteiger partial charge in [0, 0.05) is 15.7 Å². The lowest BCUT2D eigenvalue weighted by Crippen LogP contribution is -2.24. The first-order valence-electron chi connectivity index (χ1n) is 7.81. The van der Waals surface area contributed by atoms with E-state index in [0.717, 1.165) is 22.7 Å². The van der Waals surface area contributed by atoms with Crippen molar-refractivity contribution in [3.05, 3.63) is 58.1 Å². The van der Waals surface area contributed by atoms with Gasteiger partial charge in [0.2, 0.25) is 11.8 Å². The third kappa shape index (κ3) is 6.38. The van der Waals surface area contributed by atoms with Crippen molar-refractivity contribution in [2.24, 2.45) is 5.10 Å². The first kappa shape index (κ1) is 21.4. The Morgan fingerprint density at radius 3 is 2.61 bits per heavy atom. The number of rotatable bonds is 6. The molecule has 0 spiro atoms. The number of halogens is 4. The lowest BCUT2D eigenvalue weighted by atomic mass is 10.2. The number of anilines is 1. The lowest BCUT2D eigenvalue weighted by Gasteiger charge is -2.09. The van der Waals surface area contributed by atoms with Gasteiger partial charge in [-0.05, 0) is 36.4 Å². The van der Waals surface area contributed by atoms with E-state index in [4.69, 9.17) is 4.74 Å². The fraction of sp³-hybridized carbons (Fsp3) is 0.167. The monoisotopic (exact) mass is 457 g/mol. The summed E-state index contributed by atoms with van der Waals surface area (Å²) in [5.74, 6) is -0.967. The van der Waals surface area contributed by atoms with Gasteiger partial charge in [0.25, 0.3) is 0 Å². The second-order valence-corrected chi connectivity index (χ2v) is 6.40. The highest BCUT2D eigenvalue weighted by Crippen LogP contribution is 2.30. The lowest BCUT2D eigenvalue weighted by molar-refractivity contribution is -0.137. The van der Waals surface area contributed by atoms with Crippen molar-refractivity contribution in [2.75, 3.05) is 12.4 Å². The summed E-state index contributed by atoms with van der Waals surface area (Å²) in [6.07, 6.45) is -3.80. The molecule has 0 aliphatic rings. The SMILES string of the molecule is COc1ccc(Br)cc1/C=N\NC(=O)CC(=O)Nc1cccc(C(F)(F)F)c1. The van der Waals surface area contributed by atoms with E-state index < -0.39 is 30.0 Å². The number of carbonyl (C=O) groups excluding carboxylic acids is 2. The number of hydrazone groups is 1. The van der Waals surface area contributed by atoms with Gasteiger partial charge in [-0.3, -0.25) is 9.59 Å². The molecule has 0 atom stereocenters. The second-order valence-electron chi connectivity index (χ2n) is 5.48. The molecule has 0 bridgehead atoms. The first-order chi connectivity index (χ1) is 13.2. The number of hydrogen-bond acceptors (Lipinski definition) is 4. The summed E-state index contributed by atoms with van der Waals surface area (Å²) in [7, 11) is 1.48. The van der Waals surface area contributed by atoms with Crippen molar-refractivity contribution >= 4 is 39.6 Å². The Morgan fingerprint density at radius 2 is 1.93 bits per heavy atom. The molecular formula is C18H15BrF3N3O3. The van der Waals surface area contributed by atoms with Crippen molar-refractivity contribution in [3.8, 4) is 5.75 Å². The van der Waals surface area contributed by atoms with Crippen molar-refractivity contribution in [1.82, 2.24) is 5.43 Å². The highest BCUT2D eigenvalue weighted by Gasteiger charge is 2.30. The zero-order valence-corrected chi connectivity index (χ0v) is 16.1. The molecule has 0 aromatic heterocycles. The number of carbonyl (C=O) groups is 2. The Hall–Kier alpha value is -2.88. The minimum Gasteiger partial charge on any atom is -0.496 e. The van der Waals surface area contributed by atoms with Gasteiger partial charge in [0.15, 0.2) is 0 Å². The number of methoxy groups -OCH3 is 1. The smallest absolute Gasteiger partial charge is 0.416 e. The molecule has 0 aliphatic heterocycles. The third-order valence-corrected chi connectivity index (χ3v) is 3.87. The largest absolute Gasteiger partial charge is 0.496 e. The molecule has 2 aromatic carbocycles. The molecule has 0 saturated heterocycles. The van der Waals surface area contributed by atoms with Crippen LogP contribution in [-0.2, 0) is 15.8 Å². The molecule has 148 valence electrons. The van der Waals surface area contributed by atoms with Crippen LogP contribution in [0.15, 0.2) is 52.0 Å². The summed E-state index contributed by atoms with van der Waals surface area (Å²) in [5.41, 5.74) is 1.80. The van der Waals surface area contributed by atoms with E-state index in [0.29, 0.717) is 11.3 Å². The van der Waals surface area contributed by atoms with E-state index in [1.807, 2.05) is 0 Å². The standard InChI is InChI=1S/C18H15BrF3N3O3/c1-28-15-6-5-13(19)7-11(15)10-23-25-17(27)9-16(26)24-14-4-2-3-12(8-14)18(20,21)22/h2-8,10H,9H2,1H3,(H,24,26)(H,25,27)/b23-10-. The van der Waals surface area contributed by atoms with Gasteiger partial charge in [-0.25, -0.2) is 5.43 Å². The minimum absolute atomic E-state index is 0.0602. The molecule has 0 saturated carbocycles. The van der Waals surface area contributed by atoms with E-state index in [-0.39, 0.29) is 5.69 Å². The Morgan fingerprint density at radius 1 is 1.18 bits per heavy atom. The van der Waals surface area contributed by atoms with E-state index in [1.165, 1.54) is 19.4 Å². The highest BCUT2D eigenvalue weighted by atomic mass is 79.9. The molecule has 6 nitrogen and oxygen atoms in total. The fourth-order valence-electron chi connectivity index (χ4n) is 2.14. The van der Waals surface area contributed by atoms with E-state index in [2.05, 4.69) is 31.8 Å². The zero-order valence-electron chi connectivity index (χ0n) is 14.5. The van der Waals surface area contributed by atoms with Crippen molar-refractivity contribution in [3.63, 3.8) is 0 Å². The number of hydrogen-bond donors (Lipinski definition) is 2. The Labute approximate surface area is 166 Å². The van der Waals surface area contributed by atoms with Crippen LogP contribution in [0.2, 0.25) is 0 Å². The van der Waals surface area contributed by atoms with Crippen LogP contribution in [0.5, 0.6) is 5.75 Å². The molecule has 10 heteroatoms. The van der Waals surface area contributed by atoms with Crippen LogP contribution in [-0.4, -0.2) is 25.1 Å². The summed E-state index contributed by atoms with van der Waals surface area (Å²) in [6, 6.07) is 9.31. The summed E-state index contributed by atoms with van der Waals surface area (Å²) in [5, 5.41) is 5.98. The molecule has 2 rings (SSSR count). The first-order valence-corrected chi connectivity index (χ1v) is 8.61. The molecule has 0 unspecified atom stereocenters. The molecule has 0 aliphatic carbocycles. The molecule has 2 N–H and O–H groups in total. The van der Waals surface area contributed by atoms with Gasteiger partial charge < -0.3 is 10.1 Å². The van der Waals surface area contributed by atoms with Gasteiger partial charge in [-0.2, -0.15) is 18.3 Å². The maximum Gasteiger partial charge on any atom is 0.416 e. The average molecular weight is 458 g/mol. The van der Waals surface area contributed by atoms with Crippen LogP contribution >= 0.6 is 15.9 Å².